The maximum atomic E-state index is 13.1. The highest BCUT2D eigenvalue weighted by atomic mass is 31.2. The molecule has 0 aliphatic heterocycles. The molecule has 0 saturated carbocycles. The van der Waals surface area contributed by atoms with Crippen LogP contribution >= 0.6 is 15.6 Å². The molecular weight excluding hydrogens is 1310 g/mol. The third-order valence-corrected chi connectivity index (χ3v) is 17.8. The normalized spacial score (nSPS) is 14.6. The van der Waals surface area contributed by atoms with Gasteiger partial charge in [-0.2, -0.15) is 0 Å². The molecule has 3 N–H and O–H groups in total. The Morgan fingerprint density at radius 1 is 0.290 bits per heavy atom. The number of allylic oxidation sites excluding steroid dienone is 20. The Balaban J connectivity index is 5.34. The number of aliphatic hydroxyl groups excluding tert-OH is 1. The van der Waals surface area contributed by atoms with E-state index >= 15 is 0 Å². The molecule has 0 rings (SSSR count). The van der Waals surface area contributed by atoms with Crippen molar-refractivity contribution in [2.45, 2.75) is 329 Å². The van der Waals surface area contributed by atoms with Crippen LogP contribution in [0.4, 0.5) is 0 Å². The van der Waals surface area contributed by atoms with Crippen LogP contribution in [0.1, 0.15) is 310 Å². The number of rotatable bonds is 72. The molecule has 17 nitrogen and oxygen atoms in total. The van der Waals surface area contributed by atoms with Gasteiger partial charge in [0, 0.05) is 25.7 Å². The molecule has 5 atom stereocenters. The van der Waals surface area contributed by atoms with Crippen molar-refractivity contribution in [3.8, 4) is 0 Å². The van der Waals surface area contributed by atoms with Gasteiger partial charge in [-0.1, -0.05) is 278 Å². The summed E-state index contributed by atoms with van der Waals surface area (Å²) in [6, 6.07) is 0. The molecule has 0 aromatic heterocycles. The minimum atomic E-state index is -4.98. The average molecular weight is 1450 g/mol. The van der Waals surface area contributed by atoms with E-state index in [0.29, 0.717) is 25.7 Å². The number of ether oxygens (including phenoxy) is 4. The third kappa shape index (κ3) is 71.8. The predicted molar refractivity (Wildman–Crippen MR) is 408 cm³/mol. The summed E-state index contributed by atoms with van der Waals surface area (Å²) in [7, 11) is -9.96. The molecule has 0 aromatic rings. The summed E-state index contributed by atoms with van der Waals surface area (Å²) in [5.74, 6) is -2.23. The number of carbonyl (C=O) groups excluding carboxylic acids is 4. The lowest BCUT2D eigenvalue weighted by Crippen LogP contribution is -2.30. The number of aliphatic hydroxyl groups is 1. The third-order valence-electron chi connectivity index (χ3n) is 15.9. The number of unbranched alkanes of at least 4 members (excludes halogenated alkanes) is 26. The molecule has 0 heterocycles. The van der Waals surface area contributed by atoms with Crippen molar-refractivity contribution in [1.29, 1.82) is 0 Å². The number of hydrogen-bond donors (Lipinski definition) is 3. The van der Waals surface area contributed by atoms with Gasteiger partial charge in [-0.25, -0.2) is 9.13 Å². The molecule has 0 aromatic carbocycles. The monoisotopic (exact) mass is 1440 g/mol. The molecule has 0 radical (unpaired) electrons. The lowest BCUT2D eigenvalue weighted by atomic mass is 10.1. The van der Waals surface area contributed by atoms with E-state index in [2.05, 4.69) is 149 Å². The predicted octanol–water partition coefficient (Wildman–Crippen LogP) is 22.3. The molecule has 0 fully saturated rings. The van der Waals surface area contributed by atoms with E-state index in [-0.39, 0.29) is 25.7 Å². The maximum Gasteiger partial charge on any atom is 0.472 e. The fourth-order valence-electron chi connectivity index (χ4n) is 10.1. The van der Waals surface area contributed by atoms with Crippen molar-refractivity contribution in [2.75, 3.05) is 39.6 Å². The van der Waals surface area contributed by atoms with Crippen molar-refractivity contribution in [2.24, 2.45) is 0 Å². The molecular formula is C81H138O17P2. The van der Waals surface area contributed by atoms with Gasteiger partial charge in [0.15, 0.2) is 12.2 Å². The molecule has 0 bridgehead atoms. The van der Waals surface area contributed by atoms with Crippen LogP contribution < -0.4 is 0 Å². The first-order valence-corrected chi connectivity index (χ1v) is 41.8. The Labute approximate surface area is 606 Å². The summed E-state index contributed by atoms with van der Waals surface area (Å²) in [6.45, 7) is 4.53. The van der Waals surface area contributed by atoms with E-state index in [0.717, 1.165) is 193 Å². The number of phosphoric acid groups is 2. The SMILES string of the molecule is CC/C=C\C/C=C\C/C=C\C/C=C\CCCCCCCCC(=O)OCC(COP(=O)(O)OCC(O)COP(=O)(O)OCC(COC(=O)CCCCCC/C=C\C/C=C\C/C=C\C/C=C\CC)OC(=O)CCCCCCCCCCCCC)OC(=O)CCCCCCC/C=C\C/C=C\CCC. The molecule has 0 aliphatic rings. The van der Waals surface area contributed by atoms with E-state index in [1.807, 2.05) is 0 Å². The number of phosphoric ester groups is 2. The summed E-state index contributed by atoms with van der Waals surface area (Å²) in [5, 5.41) is 10.6. The van der Waals surface area contributed by atoms with Crippen LogP contribution in [-0.2, 0) is 65.4 Å². The first-order chi connectivity index (χ1) is 48.7. The van der Waals surface area contributed by atoms with Gasteiger partial charge in [0.05, 0.1) is 26.4 Å². The second kappa shape index (κ2) is 72.8. The minimum absolute atomic E-state index is 0.0732. The zero-order valence-corrected chi connectivity index (χ0v) is 64.4. The van der Waals surface area contributed by atoms with Gasteiger partial charge < -0.3 is 33.8 Å². The van der Waals surface area contributed by atoms with Gasteiger partial charge >= 0.3 is 39.5 Å². The second-order valence-electron chi connectivity index (χ2n) is 25.5. The Hall–Kier alpha value is -4.54. The molecule has 0 saturated heterocycles. The minimum Gasteiger partial charge on any atom is -0.462 e. The van der Waals surface area contributed by atoms with Crippen LogP contribution in [0.15, 0.2) is 122 Å². The van der Waals surface area contributed by atoms with Gasteiger partial charge in [-0.3, -0.25) is 37.3 Å². The van der Waals surface area contributed by atoms with E-state index in [9.17, 15) is 43.2 Å². The Kier molecular flexibility index (Phi) is 69.5. The van der Waals surface area contributed by atoms with Crippen molar-refractivity contribution < 1.29 is 80.2 Å². The topological polar surface area (TPSA) is 237 Å². The van der Waals surface area contributed by atoms with Crippen molar-refractivity contribution in [1.82, 2.24) is 0 Å². The molecule has 5 unspecified atom stereocenters. The molecule has 0 aliphatic carbocycles. The van der Waals surface area contributed by atoms with Crippen molar-refractivity contribution in [3.05, 3.63) is 122 Å². The summed E-state index contributed by atoms with van der Waals surface area (Å²) < 4.78 is 68.5. The van der Waals surface area contributed by atoms with Gasteiger partial charge in [-0.05, 0) is 128 Å². The molecule has 574 valence electrons. The van der Waals surface area contributed by atoms with Crippen LogP contribution in [0.25, 0.3) is 0 Å². The Morgan fingerprint density at radius 3 is 0.840 bits per heavy atom. The fraction of sp³-hybridized carbons (Fsp3) is 0.704. The molecule has 0 spiro atoms. The highest BCUT2D eigenvalue weighted by Crippen LogP contribution is 2.45. The lowest BCUT2D eigenvalue weighted by Gasteiger charge is -2.21. The molecule has 0 amide bonds. The standard InChI is InChI=1S/C81H138O17P2/c1-5-9-13-17-21-25-29-32-34-36-37-39-41-44-47-50-54-58-62-66-79(84)92-72-77(98-81(86)68-64-60-56-52-48-42-31-27-23-19-15-11-7-3)74-96-100(89,90)94-70-75(82)69-93-99(87,88)95-73-76(97-80(85)67-63-59-55-51-45-28-24-20-16-12-8-4)71-91-78(83)65-61-57-53-49-46-43-40-38-35-33-30-26-22-18-14-10-6-2/h9-10,13-15,19,21-22,25-27,31-35,37,39-40,43,75-77,82H,5-8,11-12,16-18,20,23-24,28-30,36,38,41-42,44-74H2,1-4H3,(H,87,88)(H,89,90)/b13-9-,14-10-,19-15-,25-21-,26-22-,31-27-,34-32-,35-33-,39-37-,43-40-. The quantitative estimate of drug-likeness (QED) is 0.0169. The maximum absolute atomic E-state index is 13.1. The van der Waals surface area contributed by atoms with E-state index < -0.39 is 97.5 Å². The lowest BCUT2D eigenvalue weighted by molar-refractivity contribution is -0.161. The summed E-state index contributed by atoms with van der Waals surface area (Å²) >= 11 is 0. The van der Waals surface area contributed by atoms with E-state index in [1.165, 1.54) is 38.5 Å². The van der Waals surface area contributed by atoms with Gasteiger partial charge in [0.2, 0.25) is 0 Å². The average Bonchev–Trinajstić information content (AvgIpc) is 0.940. The Morgan fingerprint density at radius 2 is 0.540 bits per heavy atom. The van der Waals surface area contributed by atoms with Crippen LogP contribution in [0.2, 0.25) is 0 Å². The number of carbonyl (C=O) groups is 4. The van der Waals surface area contributed by atoms with Crippen LogP contribution in [0.3, 0.4) is 0 Å². The van der Waals surface area contributed by atoms with E-state index in [4.69, 9.17) is 37.0 Å². The molecule has 100 heavy (non-hydrogen) atoms. The van der Waals surface area contributed by atoms with E-state index in [1.54, 1.807) is 0 Å². The van der Waals surface area contributed by atoms with Gasteiger partial charge in [0.25, 0.3) is 0 Å². The van der Waals surface area contributed by atoms with Crippen molar-refractivity contribution >= 4 is 39.5 Å². The zero-order chi connectivity index (χ0) is 73.2. The van der Waals surface area contributed by atoms with Crippen LogP contribution in [-0.4, -0.2) is 96.7 Å². The fourth-order valence-corrected chi connectivity index (χ4v) is 11.6. The molecule has 19 heteroatoms. The van der Waals surface area contributed by atoms with Crippen LogP contribution in [0.5, 0.6) is 0 Å². The number of esters is 4. The highest BCUT2D eigenvalue weighted by molar-refractivity contribution is 7.47. The smallest absolute Gasteiger partial charge is 0.462 e. The number of hydrogen-bond acceptors (Lipinski definition) is 15. The highest BCUT2D eigenvalue weighted by Gasteiger charge is 2.30. The summed E-state index contributed by atoms with van der Waals surface area (Å²) in [6.07, 6.45) is 79.0. The van der Waals surface area contributed by atoms with Crippen molar-refractivity contribution in [3.63, 3.8) is 0 Å². The second-order valence-corrected chi connectivity index (χ2v) is 28.4. The first-order valence-electron chi connectivity index (χ1n) is 38.8. The summed E-state index contributed by atoms with van der Waals surface area (Å²) in [5.41, 5.74) is 0. The Bertz CT molecular complexity index is 2370. The van der Waals surface area contributed by atoms with Gasteiger partial charge in [-0.15, -0.1) is 0 Å². The zero-order valence-electron chi connectivity index (χ0n) is 62.6. The largest absolute Gasteiger partial charge is 0.472 e. The van der Waals surface area contributed by atoms with Crippen LogP contribution in [0, 0.1) is 0 Å². The summed E-state index contributed by atoms with van der Waals surface area (Å²) in [4.78, 5) is 72.9. The first kappa shape index (κ1) is 95.5. The van der Waals surface area contributed by atoms with Gasteiger partial charge in [0.1, 0.15) is 19.3 Å².